The van der Waals surface area contributed by atoms with Crippen molar-refractivity contribution in [2.45, 2.75) is 20.4 Å². The van der Waals surface area contributed by atoms with Gasteiger partial charge < -0.3 is 15.1 Å². The van der Waals surface area contributed by atoms with Crippen LogP contribution in [0.1, 0.15) is 29.8 Å². The molecule has 3 rings (SSSR count). The number of hydrogen-bond acceptors (Lipinski definition) is 3. The van der Waals surface area contributed by atoms with Crippen LogP contribution in [0.5, 0.6) is 0 Å². The molecule has 1 aliphatic heterocycles. The van der Waals surface area contributed by atoms with Gasteiger partial charge in [0.15, 0.2) is 0 Å². The third-order valence-electron chi connectivity index (χ3n) is 5.37. The summed E-state index contributed by atoms with van der Waals surface area (Å²) in [5, 5.41) is 2.80. The molecule has 154 valence electrons. The van der Waals surface area contributed by atoms with Crippen LogP contribution < -0.4 is 10.2 Å². The Hall–Kier alpha value is -2.86. The van der Waals surface area contributed by atoms with E-state index in [1.807, 2.05) is 59.5 Å². The average molecular weight is 395 g/mol. The first-order valence-electron chi connectivity index (χ1n) is 10.3. The lowest BCUT2D eigenvalue weighted by molar-refractivity contribution is 0.0724. The molecule has 0 aliphatic carbocycles. The van der Waals surface area contributed by atoms with E-state index < -0.39 is 0 Å². The third kappa shape index (κ3) is 5.35. The second-order valence-electron chi connectivity index (χ2n) is 7.17. The van der Waals surface area contributed by atoms with E-state index >= 15 is 0 Å². The van der Waals surface area contributed by atoms with Crippen molar-refractivity contribution in [2.24, 2.45) is 0 Å². The molecule has 2 aromatic rings. The van der Waals surface area contributed by atoms with Crippen LogP contribution in [-0.4, -0.2) is 61.0 Å². The molecule has 0 saturated carbocycles. The highest BCUT2D eigenvalue weighted by molar-refractivity contribution is 5.97. The highest BCUT2D eigenvalue weighted by Gasteiger charge is 2.22. The molecule has 6 nitrogen and oxygen atoms in total. The second-order valence-corrected chi connectivity index (χ2v) is 7.17. The summed E-state index contributed by atoms with van der Waals surface area (Å²) in [6.45, 7) is 9.61. The van der Waals surface area contributed by atoms with E-state index in [9.17, 15) is 9.59 Å². The minimum atomic E-state index is -0.0889. The first-order chi connectivity index (χ1) is 14.1. The van der Waals surface area contributed by atoms with Crippen LogP contribution in [0.25, 0.3) is 0 Å². The smallest absolute Gasteiger partial charge is 0.321 e. The molecule has 29 heavy (non-hydrogen) atoms. The van der Waals surface area contributed by atoms with Gasteiger partial charge in [-0.3, -0.25) is 9.69 Å². The van der Waals surface area contributed by atoms with E-state index in [1.54, 1.807) is 4.90 Å². The average Bonchev–Trinajstić information content (AvgIpc) is 3.20. The van der Waals surface area contributed by atoms with E-state index in [0.29, 0.717) is 31.7 Å². The standard InChI is InChI=1S/C23H30N4O2/c1-3-25(4-2)16-17-26(18-19-8-6-5-7-9-19)22(28)20-10-12-21(13-11-20)27-15-14-24-23(27)29/h5-13H,3-4,14-18H2,1-2H3,(H,24,29). The molecule has 2 aromatic carbocycles. The van der Waals surface area contributed by atoms with Gasteiger partial charge in [-0.05, 0) is 42.9 Å². The van der Waals surface area contributed by atoms with Crippen LogP contribution in [0.2, 0.25) is 0 Å². The van der Waals surface area contributed by atoms with Crippen LogP contribution in [0.4, 0.5) is 10.5 Å². The predicted molar refractivity (Wildman–Crippen MR) is 116 cm³/mol. The lowest BCUT2D eigenvalue weighted by atomic mass is 10.1. The van der Waals surface area contributed by atoms with Gasteiger partial charge >= 0.3 is 6.03 Å². The normalized spacial score (nSPS) is 13.6. The molecule has 0 atom stereocenters. The minimum Gasteiger partial charge on any atom is -0.336 e. The maximum atomic E-state index is 13.2. The topological polar surface area (TPSA) is 55.9 Å². The Morgan fingerprint density at radius 1 is 1.00 bits per heavy atom. The summed E-state index contributed by atoms with van der Waals surface area (Å²) >= 11 is 0. The Kier molecular flexibility index (Phi) is 7.25. The third-order valence-corrected chi connectivity index (χ3v) is 5.37. The molecule has 1 heterocycles. The number of nitrogens with zero attached hydrogens (tertiary/aromatic N) is 3. The SMILES string of the molecule is CCN(CC)CCN(Cc1ccccc1)C(=O)c1ccc(N2CCNC2=O)cc1. The van der Waals surface area contributed by atoms with Crippen molar-refractivity contribution >= 4 is 17.6 Å². The summed E-state index contributed by atoms with van der Waals surface area (Å²) in [5.41, 5.74) is 2.57. The molecule has 0 spiro atoms. The van der Waals surface area contributed by atoms with Gasteiger partial charge in [0.05, 0.1) is 0 Å². The first kappa shape index (κ1) is 20.9. The quantitative estimate of drug-likeness (QED) is 0.711. The summed E-state index contributed by atoms with van der Waals surface area (Å²) < 4.78 is 0. The Labute approximate surface area is 173 Å². The molecule has 0 bridgehead atoms. The Balaban J connectivity index is 1.74. The van der Waals surface area contributed by atoms with E-state index in [0.717, 1.165) is 30.9 Å². The number of carbonyl (C=O) groups is 2. The number of carbonyl (C=O) groups excluding carboxylic acids is 2. The summed E-state index contributed by atoms with van der Waals surface area (Å²) in [5.74, 6) is 0.0124. The lowest BCUT2D eigenvalue weighted by Crippen LogP contribution is -2.38. The number of benzene rings is 2. The Bertz CT molecular complexity index is 803. The van der Waals surface area contributed by atoms with Crippen LogP contribution in [-0.2, 0) is 6.54 Å². The lowest BCUT2D eigenvalue weighted by Gasteiger charge is -2.27. The van der Waals surface area contributed by atoms with Gasteiger partial charge in [-0.2, -0.15) is 0 Å². The fourth-order valence-corrected chi connectivity index (χ4v) is 3.54. The maximum Gasteiger partial charge on any atom is 0.321 e. The van der Waals surface area contributed by atoms with Gasteiger partial charge in [0.2, 0.25) is 0 Å². The van der Waals surface area contributed by atoms with E-state index in [-0.39, 0.29) is 11.9 Å². The van der Waals surface area contributed by atoms with Gasteiger partial charge in [-0.1, -0.05) is 44.2 Å². The molecule has 6 heteroatoms. The maximum absolute atomic E-state index is 13.2. The number of hydrogen-bond donors (Lipinski definition) is 1. The molecule has 1 aliphatic rings. The molecule has 1 fully saturated rings. The Morgan fingerprint density at radius 2 is 1.69 bits per heavy atom. The van der Waals surface area contributed by atoms with Crippen molar-refractivity contribution in [3.63, 3.8) is 0 Å². The van der Waals surface area contributed by atoms with Crippen molar-refractivity contribution < 1.29 is 9.59 Å². The summed E-state index contributed by atoms with van der Waals surface area (Å²) in [4.78, 5) is 31.0. The summed E-state index contributed by atoms with van der Waals surface area (Å²) in [6.07, 6.45) is 0. The molecule has 0 radical (unpaired) electrons. The summed E-state index contributed by atoms with van der Waals surface area (Å²) in [6, 6.07) is 17.3. The zero-order chi connectivity index (χ0) is 20.6. The van der Waals surface area contributed by atoms with Gasteiger partial charge in [0, 0.05) is 44.0 Å². The highest BCUT2D eigenvalue weighted by atomic mass is 16.2. The zero-order valence-corrected chi connectivity index (χ0v) is 17.3. The monoisotopic (exact) mass is 394 g/mol. The van der Waals surface area contributed by atoms with Gasteiger partial charge in [-0.15, -0.1) is 0 Å². The van der Waals surface area contributed by atoms with E-state index in [1.165, 1.54) is 0 Å². The number of rotatable bonds is 9. The minimum absolute atomic E-state index is 0.0124. The highest BCUT2D eigenvalue weighted by Crippen LogP contribution is 2.19. The summed E-state index contributed by atoms with van der Waals surface area (Å²) in [7, 11) is 0. The van der Waals surface area contributed by atoms with Crippen molar-refractivity contribution in [3.8, 4) is 0 Å². The number of urea groups is 1. The molecule has 0 aromatic heterocycles. The molecular weight excluding hydrogens is 364 g/mol. The van der Waals surface area contributed by atoms with Crippen LogP contribution in [0.3, 0.4) is 0 Å². The van der Waals surface area contributed by atoms with E-state index in [4.69, 9.17) is 0 Å². The van der Waals surface area contributed by atoms with E-state index in [2.05, 4.69) is 24.1 Å². The largest absolute Gasteiger partial charge is 0.336 e. The predicted octanol–water partition coefficient (Wildman–Crippen LogP) is 3.20. The molecule has 1 N–H and O–H groups in total. The number of likely N-dealkylation sites (N-methyl/N-ethyl adjacent to an activating group) is 1. The molecule has 1 saturated heterocycles. The van der Waals surface area contributed by atoms with Crippen molar-refractivity contribution in [2.75, 3.05) is 44.2 Å². The van der Waals surface area contributed by atoms with Gasteiger partial charge in [-0.25, -0.2) is 4.79 Å². The van der Waals surface area contributed by atoms with Crippen molar-refractivity contribution in [3.05, 3.63) is 65.7 Å². The number of anilines is 1. The van der Waals surface area contributed by atoms with Gasteiger partial charge in [0.25, 0.3) is 5.91 Å². The molecule has 0 unspecified atom stereocenters. The van der Waals surface area contributed by atoms with Crippen LogP contribution in [0.15, 0.2) is 54.6 Å². The number of amides is 3. The van der Waals surface area contributed by atoms with Crippen LogP contribution >= 0.6 is 0 Å². The first-order valence-corrected chi connectivity index (χ1v) is 10.3. The van der Waals surface area contributed by atoms with Crippen molar-refractivity contribution in [1.82, 2.24) is 15.1 Å². The van der Waals surface area contributed by atoms with Crippen molar-refractivity contribution in [1.29, 1.82) is 0 Å². The fourth-order valence-electron chi connectivity index (χ4n) is 3.54. The number of nitrogens with one attached hydrogen (secondary N) is 1. The zero-order valence-electron chi connectivity index (χ0n) is 17.3. The Morgan fingerprint density at radius 3 is 2.28 bits per heavy atom. The fraction of sp³-hybridized carbons (Fsp3) is 0.391. The molecule has 3 amide bonds. The second kappa shape index (κ2) is 10.1. The molecular formula is C23H30N4O2. The van der Waals surface area contributed by atoms with Crippen LogP contribution in [0, 0.1) is 0 Å². The van der Waals surface area contributed by atoms with Gasteiger partial charge in [0.1, 0.15) is 0 Å².